The zero-order valence-corrected chi connectivity index (χ0v) is 10.5. The lowest BCUT2D eigenvalue weighted by atomic mass is 10.1. The van der Waals surface area contributed by atoms with Gasteiger partial charge < -0.3 is 15.5 Å². The van der Waals surface area contributed by atoms with Crippen molar-refractivity contribution in [1.29, 1.82) is 0 Å². The molecule has 0 spiro atoms. The van der Waals surface area contributed by atoms with Crippen molar-refractivity contribution in [2.75, 3.05) is 13.1 Å². The zero-order chi connectivity index (χ0) is 12.8. The Balaban J connectivity index is 2.44. The van der Waals surface area contributed by atoms with E-state index in [-0.39, 0.29) is 13.0 Å². The first-order chi connectivity index (χ1) is 8.00. The van der Waals surface area contributed by atoms with Gasteiger partial charge in [0, 0.05) is 13.1 Å². The third kappa shape index (κ3) is 4.91. The van der Waals surface area contributed by atoms with Crippen molar-refractivity contribution in [2.45, 2.75) is 12.5 Å². The molecule has 0 saturated carbocycles. The van der Waals surface area contributed by atoms with Gasteiger partial charge in [-0.2, -0.15) is 0 Å². The van der Waals surface area contributed by atoms with Gasteiger partial charge in [0.1, 0.15) is 0 Å². The monoisotopic (exact) mass is 277 g/mol. The lowest BCUT2D eigenvalue weighted by Crippen LogP contribution is -2.24. The highest BCUT2D eigenvalue weighted by atomic mass is 35.5. The number of carboxylic acids is 1. The summed E-state index contributed by atoms with van der Waals surface area (Å²) in [7, 11) is 0. The van der Waals surface area contributed by atoms with Crippen LogP contribution in [0.15, 0.2) is 18.2 Å². The maximum absolute atomic E-state index is 10.3. The van der Waals surface area contributed by atoms with Crippen molar-refractivity contribution in [1.82, 2.24) is 5.32 Å². The minimum atomic E-state index is -0.874. The molecule has 0 aliphatic carbocycles. The SMILES string of the molecule is O=C(O)CCNCC(O)c1ccc(Cl)c(Cl)c1. The molecule has 1 aromatic carbocycles. The molecule has 0 fully saturated rings. The maximum atomic E-state index is 10.3. The summed E-state index contributed by atoms with van der Waals surface area (Å²) in [5.74, 6) is -0.874. The van der Waals surface area contributed by atoms with Crippen molar-refractivity contribution < 1.29 is 15.0 Å². The Kier molecular flexibility index (Phi) is 5.71. The number of aliphatic hydroxyl groups is 1. The normalized spacial score (nSPS) is 12.4. The number of nitrogens with one attached hydrogen (secondary N) is 1. The van der Waals surface area contributed by atoms with Crippen LogP contribution in [0.1, 0.15) is 18.1 Å². The highest BCUT2D eigenvalue weighted by molar-refractivity contribution is 6.42. The molecule has 0 bridgehead atoms. The Morgan fingerprint density at radius 3 is 2.65 bits per heavy atom. The van der Waals surface area contributed by atoms with Gasteiger partial charge >= 0.3 is 5.97 Å². The van der Waals surface area contributed by atoms with Crippen LogP contribution in [0, 0.1) is 0 Å². The lowest BCUT2D eigenvalue weighted by molar-refractivity contribution is -0.136. The third-order valence-corrected chi connectivity index (χ3v) is 2.92. The van der Waals surface area contributed by atoms with E-state index in [4.69, 9.17) is 28.3 Å². The van der Waals surface area contributed by atoms with Crippen LogP contribution in [0.2, 0.25) is 10.0 Å². The van der Waals surface area contributed by atoms with Gasteiger partial charge in [-0.15, -0.1) is 0 Å². The summed E-state index contributed by atoms with van der Waals surface area (Å²) in [4.78, 5) is 10.3. The van der Waals surface area contributed by atoms with Crippen LogP contribution >= 0.6 is 23.2 Å². The molecule has 0 aliphatic heterocycles. The number of halogens is 2. The molecule has 1 atom stereocenters. The van der Waals surface area contributed by atoms with Gasteiger partial charge in [0.25, 0.3) is 0 Å². The molecule has 1 aromatic rings. The maximum Gasteiger partial charge on any atom is 0.304 e. The fourth-order valence-electron chi connectivity index (χ4n) is 1.27. The Hall–Kier alpha value is -0.810. The van der Waals surface area contributed by atoms with E-state index in [1.165, 1.54) is 0 Å². The average molecular weight is 278 g/mol. The minimum absolute atomic E-state index is 0.0219. The topological polar surface area (TPSA) is 69.6 Å². The van der Waals surface area contributed by atoms with E-state index in [1.807, 2.05) is 0 Å². The summed E-state index contributed by atoms with van der Waals surface area (Å²) in [5.41, 5.74) is 0.641. The predicted molar refractivity (Wildman–Crippen MR) is 66.5 cm³/mol. The van der Waals surface area contributed by atoms with Crippen LogP contribution in [-0.4, -0.2) is 29.3 Å². The number of aliphatic hydroxyl groups excluding tert-OH is 1. The molecule has 0 aliphatic rings. The van der Waals surface area contributed by atoms with E-state index in [2.05, 4.69) is 5.32 Å². The number of benzene rings is 1. The summed E-state index contributed by atoms with van der Waals surface area (Å²) in [5, 5.41) is 21.9. The summed E-state index contributed by atoms with van der Waals surface area (Å²) in [6.07, 6.45) is -0.716. The van der Waals surface area contributed by atoms with Gasteiger partial charge in [-0.25, -0.2) is 0 Å². The first kappa shape index (κ1) is 14.3. The largest absolute Gasteiger partial charge is 0.481 e. The first-order valence-corrected chi connectivity index (χ1v) is 5.82. The van der Waals surface area contributed by atoms with Crippen LogP contribution < -0.4 is 5.32 Å². The smallest absolute Gasteiger partial charge is 0.304 e. The fraction of sp³-hybridized carbons (Fsp3) is 0.364. The molecule has 94 valence electrons. The van der Waals surface area contributed by atoms with Gasteiger partial charge in [-0.05, 0) is 17.7 Å². The standard InChI is InChI=1S/C11H13Cl2NO3/c12-8-2-1-7(5-9(8)13)10(15)6-14-4-3-11(16)17/h1-2,5,10,14-15H,3-4,6H2,(H,16,17). The number of rotatable bonds is 6. The summed E-state index contributed by atoms with van der Waals surface area (Å²) in [6.45, 7) is 0.582. The second kappa shape index (κ2) is 6.81. The van der Waals surface area contributed by atoms with Crippen molar-refractivity contribution in [3.8, 4) is 0 Å². The van der Waals surface area contributed by atoms with Crippen LogP contribution in [0.4, 0.5) is 0 Å². The minimum Gasteiger partial charge on any atom is -0.481 e. The van der Waals surface area contributed by atoms with Gasteiger partial charge in [0.05, 0.1) is 22.6 Å². The second-order valence-corrected chi connectivity index (χ2v) is 4.35. The second-order valence-electron chi connectivity index (χ2n) is 3.54. The molecule has 0 radical (unpaired) electrons. The van der Waals surface area contributed by atoms with E-state index >= 15 is 0 Å². The molecule has 1 rings (SSSR count). The molecule has 3 N–H and O–H groups in total. The molecular formula is C11H13Cl2NO3. The Morgan fingerprint density at radius 2 is 2.06 bits per heavy atom. The van der Waals surface area contributed by atoms with Crippen molar-refractivity contribution in [3.63, 3.8) is 0 Å². The summed E-state index contributed by atoms with van der Waals surface area (Å²) in [6, 6.07) is 4.88. The molecular weight excluding hydrogens is 265 g/mol. The van der Waals surface area contributed by atoms with Crippen molar-refractivity contribution in [2.24, 2.45) is 0 Å². The average Bonchev–Trinajstić information content (AvgIpc) is 2.27. The van der Waals surface area contributed by atoms with Gasteiger partial charge in [0.15, 0.2) is 0 Å². The molecule has 0 amide bonds. The van der Waals surface area contributed by atoms with Crippen LogP contribution in [-0.2, 0) is 4.79 Å². The highest BCUT2D eigenvalue weighted by Crippen LogP contribution is 2.25. The van der Waals surface area contributed by atoms with Gasteiger partial charge in [0.2, 0.25) is 0 Å². The predicted octanol–water partition coefficient (Wildman–Crippen LogP) is 2.09. The summed E-state index contributed by atoms with van der Waals surface area (Å²) >= 11 is 11.6. The molecule has 0 saturated heterocycles. The van der Waals surface area contributed by atoms with Crippen molar-refractivity contribution in [3.05, 3.63) is 33.8 Å². The number of carboxylic acid groups (broad SMARTS) is 1. The first-order valence-electron chi connectivity index (χ1n) is 5.06. The van der Waals surface area contributed by atoms with E-state index < -0.39 is 12.1 Å². The van der Waals surface area contributed by atoms with E-state index in [9.17, 15) is 9.90 Å². The molecule has 0 aromatic heterocycles. The van der Waals surface area contributed by atoms with Crippen molar-refractivity contribution >= 4 is 29.2 Å². The quantitative estimate of drug-likeness (QED) is 0.697. The summed E-state index contributed by atoms with van der Waals surface area (Å²) < 4.78 is 0. The molecule has 6 heteroatoms. The Labute approximate surface area is 109 Å². The van der Waals surface area contributed by atoms with Crippen LogP contribution in [0.25, 0.3) is 0 Å². The van der Waals surface area contributed by atoms with E-state index in [1.54, 1.807) is 18.2 Å². The Morgan fingerprint density at radius 1 is 1.35 bits per heavy atom. The number of aliphatic carboxylic acids is 1. The highest BCUT2D eigenvalue weighted by Gasteiger charge is 2.09. The van der Waals surface area contributed by atoms with E-state index in [0.717, 1.165) is 0 Å². The third-order valence-electron chi connectivity index (χ3n) is 2.18. The molecule has 1 unspecified atom stereocenters. The number of hydrogen-bond donors (Lipinski definition) is 3. The van der Waals surface area contributed by atoms with E-state index in [0.29, 0.717) is 22.2 Å². The Bertz CT molecular complexity index is 398. The molecule has 17 heavy (non-hydrogen) atoms. The zero-order valence-electron chi connectivity index (χ0n) is 8.99. The molecule has 4 nitrogen and oxygen atoms in total. The lowest BCUT2D eigenvalue weighted by Gasteiger charge is -2.12. The van der Waals surface area contributed by atoms with Crippen LogP contribution in [0.5, 0.6) is 0 Å². The number of hydrogen-bond acceptors (Lipinski definition) is 3. The fourth-order valence-corrected chi connectivity index (χ4v) is 1.58. The molecule has 0 heterocycles. The number of carbonyl (C=O) groups is 1. The van der Waals surface area contributed by atoms with Crippen LogP contribution in [0.3, 0.4) is 0 Å². The van der Waals surface area contributed by atoms with Gasteiger partial charge in [-0.3, -0.25) is 4.79 Å². The van der Waals surface area contributed by atoms with Gasteiger partial charge in [-0.1, -0.05) is 29.3 Å².